The van der Waals surface area contributed by atoms with Crippen LogP contribution < -0.4 is 10.2 Å². The predicted molar refractivity (Wildman–Crippen MR) is 92.0 cm³/mol. The molecule has 0 saturated carbocycles. The van der Waals surface area contributed by atoms with Crippen LogP contribution in [0.4, 0.5) is 11.5 Å². The summed E-state index contributed by atoms with van der Waals surface area (Å²) in [6.07, 6.45) is 4.30. The van der Waals surface area contributed by atoms with E-state index in [0.717, 1.165) is 24.3 Å². The minimum absolute atomic E-state index is 0.134. The number of fused-ring (bicyclic) bond motifs is 1. The highest BCUT2D eigenvalue weighted by Crippen LogP contribution is 2.20. The highest BCUT2D eigenvalue weighted by Gasteiger charge is 2.14. The van der Waals surface area contributed by atoms with E-state index >= 15 is 0 Å². The third kappa shape index (κ3) is 2.95. The Morgan fingerprint density at radius 1 is 1.17 bits per heavy atom. The minimum atomic E-state index is -0.134. The van der Waals surface area contributed by atoms with Crippen LogP contribution in [0.2, 0.25) is 0 Å². The number of nitrogens with zero attached hydrogens (tertiary/aromatic N) is 3. The third-order valence-corrected chi connectivity index (χ3v) is 4.24. The second-order valence-electron chi connectivity index (χ2n) is 5.95. The number of para-hydroxylation sites is 1. The molecular formula is C18H18N4O2. The molecule has 1 amide bonds. The van der Waals surface area contributed by atoms with Gasteiger partial charge in [0.25, 0.3) is 0 Å². The van der Waals surface area contributed by atoms with Gasteiger partial charge in [-0.25, -0.2) is 4.98 Å². The van der Waals surface area contributed by atoms with Gasteiger partial charge in [-0.1, -0.05) is 17.3 Å². The first-order valence-corrected chi connectivity index (χ1v) is 8.14. The van der Waals surface area contributed by atoms with Gasteiger partial charge in [-0.2, -0.15) is 0 Å². The number of hydrogen-bond acceptors (Lipinski definition) is 5. The molecule has 2 aromatic heterocycles. The molecule has 1 aromatic carbocycles. The third-order valence-electron chi connectivity index (χ3n) is 4.24. The average molecular weight is 322 g/mol. The Balaban J connectivity index is 1.42. The molecule has 1 fully saturated rings. The van der Waals surface area contributed by atoms with Crippen LogP contribution in [0.1, 0.15) is 18.5 Å². The van der Waals surface area contributed by atoms with Crippen LogP contribution in [0, 0.1) is 0 Å². The zero-order valence-corrected chi connectivity index (χ0v) is 13.2. The van der Waals surface area contributed by atoms with E-state index in [0.29, 0.717) is 17.0 Å². The van der Waals surface area contributed by atoms with E-state index in [1.54, 1.807) is 6.20 Å². The maximum Gasteiger partial charge on any atom is 0.230 e. The summed E-state index contributed by atoms with van der Waals surface area (Å²) in [5.74, 6) is 0.831. The molecule has 1 aliphatic heterocycles. The highest BCUT2D eigenvalue weighted by atomic mass is 16.5. The summed E-state index contributed by atoms with van der Waals surface area (Å²) in [6.45, 7) is 2.11. The smallest absolute Gasteiger partial charge is 0.230 e. The Kier molecular flexibility index (Phi) is 3.86. The van der Waals surface area contributed by atoms with Crippen LogP contribution >= 0.6 is 0 Å². The van der Waals surface area contributed by atoms with Gasteiger partial charge in [0, 0.05) is 18.5 Å². The van der Waals surface area contributed by atoms with Crippen LogP contribution in [-0.4, -0.2) is 29.1 Å². The molecule has 0 bridgehead atoms. The fraction of sp³-hybridized carbons (Fsp3) is 0.278. The lowest BCUT2D eigenvalue weighted by Crippen LogP contribution is -2.19. The number of rotatable bonds is 4. The van der Waals surface area contributed by atoms with E-state index in [9.17, 15) is 4.79 Å². The fourth-order valence-electron chi connectivity index (χ4n) is 3.02. The Labute approximate surface area is 139 Å². The lowest BCUT2D eigenvalue weighted by molar-refractivity contribution is -0.115. The fourth-order valence-corrected chi connectivity index (χ4v) is 3.02. The Morgan fingerprint density at radius 3 is 2.79 bits per heavy atom. The van der Waals surface area contributed by atoms with E-state index in [2.05, 4.69) is 20.4 Å². The predicted octanol–water partition coefficient (Wildman–Crippen LogP) is 3.00. The summed E-state index contributed by atoms with van der Waals surface area (Å²) in [4.78, 5) is 18.9. The largest absolute Gasteiger partial charge is 0.357 e. The molecule has 0 unspecified atom stereocenters. The van der Waals surface area contributed by atoms with Crippen molar-refractivity contribution in [2.24, 2.45) is 0 Å². The molecule has 0 spiro atoms. The van der Waals surface area contributed by atoms with Crippen LogP contribution in [0.25, 0.3) is 11.0 Å². The maximum atomic E-state index is 12.2. The summed E-state index contributed by atoms with van der Waals surface area (Å²) >= 11 is 0. The van der Waals surface area contributed by atoms with Crippen molar-refractivity contribution in [3.8, 4) is 0 Å². The first-order chi connectivity index (χ1) is 11.8. The highest BCUT2D eigenvalue weighted by molar-refractivity contribution is 5.94. The van der Waals surface area contributed by atoms with E-state index in [1.807, 2.05) is 36.4 Å². The molecule has 24 heavy (non-hydrogen) atoms. The second-order valence-corrected chi connectivity index (χ2v) is 5.95. The number of benzene rings is 1. The lowest BCUT2D eigenvalue weighted by Gasteiger charge is -2.16. The molecule has 3 aromatic rings. The molecule has 0 radical (unpaired) electrons. The van der Waals surface area contributed by atoms with Crippen LogP contribution in [0.3, 0.4) is 0 Å². The number of hydrogen-bond donors (Lipinski definition) is 1. The second kappa shape index (κ2) is 6.31. The van der Waals surface area contributed by atoms with Crippen molar-refractivity contribution >= 4 is 28.4 Å². The molecule has 0 atom stereocenters. The van der Waals surface area contributed by atoms with Gasteiger partial charge < -0.3 is 14.7 Å². The molecule has 0 aliphatic carbocycles. The number of aromatic nitrogens is 2. The topological polar surface area (TPSA) is 71.3 Å². The molecular weight excluding hydrogens is 304 g/mol. The summed E-state index contributed by atoms with van der Waals surface area (Å²) in [6, 6.07) is 11.4. The van der Waals surface area contributed by atoms with Crippen LogP contribution in [-0.2, 0) is 11.2 Å². The van der Waals surface area contributed by atoms with Crippen molar-refractivity contribution in [2.75, 3.05) is 23.3 Å². The van der Waals surface area contributed by atoms with Crippen LogP contribution in [0.5, 0.6) is 0 Å². The Bertz CT molecular complexity index is 851. The van der Waals surface area contributed by atoms with Crippen molar-refractivity contribution in [3.63, 3.8) is 0 Å². The standard InChI is InChI=1S/C18H18N4O2/c23-18(11-15-14-5-1-2-6-16(14)24-21-15)20-13-7-8-17(19-12-13)22-9-3-4-10-22/h1-2,5-8,12H,3-4,9-11H2,(H,20,23). The van der Waals surface area contributed by atoms with Crippen molar-refractivity contribution in [2.45, 2.75) is 19.3 Å². The quantitative estimate of drug-likeness (QED) is 0.799. The summed E-state index contributed by atoms with van der Waals surface area (Å²) < 4.78 is 5.22. The van der Waals surface area contributed by atoms with Gasteiger partial charge in [-0.05, 0) is 37.1 Å². The first-order valence-electron chi connectivity index (χ1n) is 8.14. The number of nitrogens with one attached hydrogen (secondary N) is 1. The van der Waals surface area contributed by atoms with Crippen molar-refractivity contribution in [3.05, 3.63) is 48.3 Å². The maximum absolute atomic E-state index is 12.2. The van der Waals surface area contributed by atoms with E-state index < -0.39 is 0 Å². The first kappa shape index (κ1) is 14.7. The number of amides is 1. The van der Waals surface area contributed by atoms with Gasteiger partial charge in [0.05, 0.1) is 18.3 Å². The lowest BCUT2D eigenvalue weighted by atomic mass is 10.1. The monoisotopic (exact) mass is 322 g/mol. The number of carbonyl (C=O) groups is 1. The van der Waals surface area contributed by atoms with Gasteiger partial charge in [0.2, 0.25) is 5.91 Å². The zero-order chi connectivity index (χ0) is 16.4. The van der Waals surface area contributed by atoms with Gasteiger partial charge in [0.1, 0.15) is 11.5 Å². The number of carbonyl (C=O) groups excluding carboxylic acids is 1. The summed E-state index contributed by atoms with van der Waals surface area (Å²) in [5.41, 5.74) is 2.03. The molecule has 1 aliphatic rings. The zero-order valence-electron chi connectivity index (χ0n) is 13.2. The molecule has 3 heterocycles. The van der Waals surface area contributed by atoms with E-state index in [-0.39, 0.29) is 12.3 Å². The molecule has 1 N–H and O–H groups in total. The molecule has 4 rings (SSSR count). The molecule has 6 heteroatoms. The van der Waals surface area contributed by atoms with Crippen molar-refractivity contribution < 1.29 is 9.32 Å². The number of anilines is 2. The van der Waals surface area contributed by atoms with Gasteiger partial charge in [-0.15, -0.1) is 0 Å². The summed E-state index contributed by atoms with van der Waals surface area (Å²) in [5, 5.41) is 7.72. The van der Waals surface area contributed by atoms with Crippen molar-refractivity contribution in [1.29, 1.82) is 0 Å². The summed E-state index contributed by atoms with van der Waals surface area (Å²) in [7, 11) is 0. The van der Waals surface area contributed by atoms with Gasteiger partial charge in [-0.3, -0.25) is 4.79 Å². The average Bonchev–Trinajstić information content (AvgIpc) is 3.26. The van der Waals surface area contributed by atoms with E-state index in [4.69, 9.17) is 4.52 Å². The number of pyridine rings is 1. The van der Waals surface area contributed by atoms with Gasteiger partial charge in [0.15, 0.2) is 5.58 Å². The minimum Gasteiger partial charge on any atom is -0.357 e. The van der Waals surface area contributed by atoms with Crippen LogP contribution in [0.15, 0.2) is 47.1 Å². The normalized spacial score (nSPS) is 14.2. The van der Waals surface area contributed by atoms with Crippen molar-refractivity contribution in [1.82, 2.24) is 10.1 Å². The SMILES string of the molecule is O=C(Cc1noc2ccccc12)Nc1ccc(N2CCCC2)nc1. The van der Waals surface area contributed by atoms with E-state index in [1.165, 1.54) is 12.8 Å². The molecule has 1 saturated heterocycles. The Hall–Kier alpha value is -2.89. The van der Waals surface area contributed by atoms with Gasteiger partial charge >= 0.3 is 0 Å². The Morgan fingerprint density at radius 2 is 2.00 bits per heavy atom. The molecule has 122 valence electrons. The molecule has 6 nitrogen and oxygen atoms in total.